The van der Waals surface area contributed by atoms with Gasteiger partial charge in [0, 0.05) is 50.3 Å². The van der Waals surface area contributed by atoms with Gasteiger partial charge in [-0.2, -0.15) is 5.26 Å². The summed E-state index contributed by atoms with van der Waals surface area (Å²) in [6.45, 7) is 2.72. The molecule has 1 aliphatic carbocycles. The Morgan fingerprint density at radius 2 is 1.74 bits per heavy atom. The molecule has 2 aliphatic heterocycles. The standard InChI is InChI=1S/C26H26Cl2N4O3/c27-22-5-4-18(9-23(22)28)21-15-32(26(34)20-13-31(14-20)25(33)17-2-3-17)12-19(21)7-8-35-24-6-1-16(10-29)11-30-24/h1,4-6,9,11,17,19-21H,2-3,7-8,12-15H2. The lowest BCUT2D eigenvalue weighted by molar-refractivity contribution is -0.148. The first-order chi connectivity index (χ1) is 16.9. The molecule has 182 valence electrons. The van der Waals surface area contributed by atoms with Gasteiger partial charge in [-0.3, -0.25) is 9.59 Å². The molecular weight excluding hydrogens is 487 g/mol. The van der Waals surface area contributed by atoms with Gasteiger partial charge in [0.25, 0.3) is 0 Å². The second-order valence-electron chi connectivity index (χ2n) is 9.63. The number of rotatable bonds is 7. The van der Waals surface area contributed by atoms with Crippen LogP contribution < -0.4 is 4.74 Å². The number of benzene rings is 1. The quantitative estimate of drug-likeness (QED) is 0.556. The summed E-state index contributed by atoms with van der Waals surface area (Å²) in [5, 5.41) is 9.92. The van der Waals surface area contributed by atoms with E-state index in [1.54, 1.807) is 18.2 Å². The van der Waals surface area contributed by atoms with Gasteiger partial charge < -0.3 is 14.5 Å². The Morgan fingerprint density at radius 1 is 1.00 bits per heavy atom. The molecule has 9 heteroatoms. The second-order valence-corrected chi connectivity index (χ2v) is 10.4. The summed E-state index contributed by atoms with van der Waals surface area (Å²) in [5.74, 6) is 1.14. The van der Waals surface area contributed by atoms with Gasteiger partial charge in [0.1, 0.15) is 6.07 Å². The third-order valence-electron chi connectivity index (χ3n) is 7.20. The predicted octanol–water partition coefficient (Wildman–Crippen LogP) is 4.14. The number of amides is 2. The number of pyridine rings is 1. The van der Waals surface area contributed by atoms with Crippen LogP contribution in [-0.4, -0.2) is 59.4 Å². The molecule has 1 saturated carbocycles. The van der Waals surface area contributed by atoms with Crippen LogP contribution in [0.4, 0.5) is 0 Å². The summed E-state index contributed by atoms with van der Waals surface area (Å²) >= 11 is 12.4. The van der Waals surface area contributed by atoms with Crippen molar-refractivity contribution in [2.24, 2.45) is 17.8 Å². The van der Waals surface area contributed by atoms with Crippen molar-refractivity contribution in [3.05, 3.63) is 57.7 Å². The maximum Gasteiger partial charge on any atom is 0.229 e. The molecule has 2 amide bonds. The van der Waals surface area contributed by atoms with Gasteiger partial charge >= 0.3 is 0 Å². The highest BCUT2D eigenvalue weighted by atomic mass is 35.5. The number of hydrogen-bond acceptors (Lipinski definition) is 5. The number of nitriles is 1. The maximum atomic E-state index is 13.3. The van der Waals surface area contributed by atoms with Crippen molar-refractivity contribution in [1.82, 2.24) is 14.8 Å². The minimum absolute atomic E-state index is 0.107. The lowest BCUT2D eigenvalue weighted by Crippen LogP contribution is -2.56. The van der Waals surface area contributed by atoms with E-state index in [0.717, 1.165) is 24.8 Å². The molecule has 1 aromatic heterocycles. The minimum atomic E-state index is -0.120. The third-order valence-corrected chi connectivity index (χ3v) is 7.94. The van der Waals surface area contributed by atoms with E-state index in [9.17, 15) is 9.59 Å². The lowest BCUT2D eigenvalue weighted by Gasteiger charge is -2.40. The van der Waals surface area contributed by atoms with Crippen LogP contribution in [0.3, 0.4) is 0 Å². The average Bonchev–Trinajstić information content (AvgIpc) is 3.60. The Morgan fingerprint density at radius 3 is 2.40 bits per heavy atom. The number of hydrogen-bond donors (Lipinski definition) is 0. The molecule has 0 N–H and O–H groups in total. The summed E-state index contributed by atoms with van der Waals surface area (Å²) in [7, 11) is 0. The van der Waals surface area contributed by atoms with Crippen LogP contribution in [0, 0.1) is 29.1 Å². The zero-order valence-corrected chi connectivity index (χ0v) is 20.7. The summed E-state index contributed by atoms with van der Waals surface area (Å²) in [6.07, 6.45) is 4.17. The smallest absolute Gasteiger partial charge is 0.229 e. The predicted molar refractivity (Wildman–Crippen MR) is 131 cm³/mol. The number of carbonyl (C=O) groups is 2. The van der Waals surface area contributed by atoms with Gasteiger partial charge in [0.2, 0.25) is 17.7 Å². The second kappa shape index (κ2) is 10.0. The Labute approximate surface area is 214 Å². The van der Waals surface area contributed by atoms with Crippen LogP contribution in [0.1, 0.15) is 36.3 Å². The van der Waals surface area contributed by atoms with Gasteiger partial charge in [0.15, 0.2) is 0 Å². The van der Waals surface area contributed by atoms with Gasteiger partial charge in [-0.05, 0) is 48.9 Å². The fourth-order valence-corrected chi connectivity index (χ4v) is 5.28. The van der Waals surface area contributed by atoms with Crippen LogP contribution in [0.15, 0.2) is 36.5 Å². The molecule has 0 radical (unpaired) electrons. The van der Waals surface area contributed by atoms with E-state index in [0.29, 0.717) is 54.3 Å². The lowest BCUT2D eigenvalue weighted by atomic mass is 9.87. The highest BCUT2D eigenvalue weighted by Gasteiger charge is 2.45. The first kappa shape index (κ1) is 23.9. The fraction of sp³-hybridized carbons (Fsp3) is 0.462. The molecule has 2 aromatic rings. The zero-order valence-electron chi connectivity index (χ0n) is 19.2. The number of halogens is 2. The van der Waals surface area contributed by atoms with E-state index in [1.165, 1.54) is 6.20 Å². The third kappa shape index (κ3) is 5.24. The molecule has 3 fully saturated rings. The van der Waals surface area contributed by atoms with E-state index in [4.69, 9.17) is 33.2 Å². The number of ether oxygens (including phenoxy) is 1. The summed E-state index contributed by atoms with van der Waals surface area (Å²) < 4.78 is 5.82. The molecular formula is C26H26Cl2N4O3. The van der Waals surface area contributed by atoms with Crippen LogP contribution in [0.2, 0.25) is 10.0 Å². The molecule has 2 atom stereocenters. The molecule has 2 saturated heterocycles. The maximum absolute atomic E-state index is 13.3. The van der Waals surface area contributed by atoms with E-state index >= 15 is 0 Å². The van der Waals surface area contributed by atoms with Crippen LogP contribution >= 0.6 is 23.2 Å². The van der Waals surface area contributed by atoms with E-state index in [1.807, 2.05) is 28.0 Å². The summed E-state index contributed by atoms with van der Waals surface area (Å²) in [5.41, 5.74) is 1.53. The van der Waals surface area contributed by atoms with Crippen molar-refractivity contribution in [1.29, 1.82) is 5.26 Å². The molecule has 0 bridgehead atoms. The topological polar surface area (TPSA) is 86.5 Å². The first-order valence-electron chi connectivity index (χ1n) is 11.9. The van der Waals surface area contributed by atoms with Crippen molar-refractivity contribution in [3.8, 4) is 11.9 Å². The van der Waals surface area contributed by atoms with Crippen molar-refractivity contribution in [3.63, 3.8) is 0 Å². The average molecular weight is 513 g/mol. The van der Waals surface area contributed by atoms with Gasteiger partial charge in [-0.1, -0.05) is 29.3 Å². The summed E-state index contributed by atoms with van der Waals surface area (Å²) in [4.78, 5) is 33.4. The van der Waals surface area contributed by atoms with Crippen molar-refractivity contribution in [2.45, 2.75) is 25.2 Å². The number of likely N-dealkylation sites (tertiary alicyclic amines) is 2. The Balaban J connectivity index is 1.23. The van der Waals surface area contributed by atoms with E-state index in [2.05, 4.69) is 4.98 Å². The van der Waals surface area contributed by atoms with Gasteiger partial charge in [0.05, 0.1) is 28.1 Å². The minimum Gasteiger partial charge on any atom is -0.478 e. The van der Waals surface area contributed by atoms with Crippen LogP contribution in [0.25, 0.3) is 0 Å². The number of aromatic nitrogens is 1. The van der Waals surface area contributed by atoms with Crippen molar-refractivity contribution < 1.29 is 14.3 Å². The van der Waals surface area contributed by atoms with Gasteiger partial charge in [-0.25, -0.2) is 4.98 Å². The Kier molecular flexibility index (Phi) is 6.86. The summed E-state index contributed by atoms with van der Waals surface area (Å²) in [6, 6.07) is 11.1. The SMILES string of the molecule is N#Cc1ccc(OCCC2CN(C(=O)C3CN(C(=O)C4CC4)C3)CC2c2ccc(Cl)c(Cl)c2)nc1. The Hall–Kier alpha value is -2.82. The number of carbonyl (C=O) groups excluding carboxylic acids is 2. The molecule has 35 heavy (non-hydrogen) atoms. The molecule has 3 aliphatic rings. The van der Waals surface area contributed by atoms with Crippen molar-refractivity contribution >= 4 is 35.0 Å². The highest BCUT2D eigenvalue weighted by Crippen LogP contribution is 2.39. The van der Waals surface area contributed by atoms with Crippen LogP contribution in [-0.2, 0) is 9.59 Å². The largest absolute Gasteiger partial charge is 0.478 e. The zero-order chi connectivity index (χ0) is 24.5. The molecule has 3 heterocycles. The monoisotopic (exact) mass is 512 g/mol. The first-order valence-corrected chi connectivity index (χ1v) is 12.7. The molecule has 7 nitrogen and oxygen atoms in total. The number of nitrogens with zero attached hydrogens (tertiary/aromatic N) is 4. The van der Waals surface area contributed by atoms with E-state index in [-0.39, 0.29) is 35.5 Å². The van der Waals surface area contributed by atoms with Crippen molar-refractivity contribution in [2.75, 3.05) is 32.8 Å². The van der Waals surface area contributed by atoms with E-state index < -0.39 is 0 Å². The van der Waals surface area contributed by atoms with Crippen LogP contribution in [0.5, 0.6) is 5.88 Å². The molecule has 5 rings (SSSR count). The molecule has 1 aromatic carbocycles. The highest BCUT2D eigenvalue weighted by molar-refractivity contribution is 6.42. The fourth-order valence-electron chi connectivity index (χ4n) is 4.97. The molecule has 2 unspecified atom stereocenters. The normalized spacial score (nSPS) is 22.0. The Bertz CT molecular complexity index is 1160. The molecule has 0 spiro atoms. The van der Waals surface area contributed by atoms with Gasteiger partial charge in [-0.15, -0.1) is 0 Å².